The molecule has 0 radical (unpaired) electrons. The molecule has 1 N–H and O–H groups in total. The predicted octanol–water partition coefficient (Wildman–Crippen LogP) is 1.35. The molecule has 1 saturated heterocycles. The van der Waals surface area contributed by atoms with Gasteiger partial charge in [-0.25, -0.2) is 0 Å². The van der Waals surface area contributed by atoms with E-state index in [-0.39, 0.29) is 18.4 Å². The fraction of sp³-hybridized carbons (Fsp3) is 0.429. The number of aryl methyl sites for hydroxylation is 1. The third-order valence-electron chi connectivity index (χ3n) is 3.23. The smallest absolute Gasteiger partial charge is 0.239 e. The van der Waals surface area contributed by atoms with Crippen LogP contribution in [-0.4, -0.2) is 43.5 Å². The van der Waals surface area contributed by atoms with Crippen molar-refractivity contribution in [3.63, 3.8) is 0 Å². The molecular weight excluding hydrogens is 324 g/mol. The first-order valence-corrected chi connectivity index (χ1v) is 7.26. The number of carbonyl (C=O) groups is 2. The summed E-state index contributed by atoms with van der Waals surface area (Å²) in [4.78, 5) is 24.9. The molecule has 0 spiro atoms. The van der Waals surface area contributed by atoms with Gasteiger partial charge >= 0.3 is 0 Å². The summed E-state index contributed by atoms with van der Waals surface area (Å²) in [5.74, 6) is 0.705. The van der Waals surface area contributed by atoms with Gasteiger partial charge in [-0.05, 0) is 40.0 Å². The van der Waals surface area contributed by atoms with Crippen molar-refractivity contribution in [1.29, 1.82) is 0 Å². The van der Waals surface area contributed by atoms with Gasteiger partial charge in [-0.15, -0.1) is 0 Å². The van der Waals surface area contributed by atoms with Gasteiger partial charge in [0, 0.05) is 19.5 Å². The van der Waals surface area contributed by atoms with Crippen molar-refractivity contribution in [2.45, 2.75) is 12.8 Å². The first kappa shape index (κ1) is 14.8. The molecule has 5 nitrogen and oxygen atoms in total. The van der Waals surface area contributed by atoms with Crippen LogP contribution in [0, 0.1) is 0 Å². The van der Waals surface area contributed by atoms with E-state index in [1.165, 1.54) is 0 Å². The molecule has 0 aliphatic carbocycles. The lowest BCUT2D eigenvalue weighted by atomic mass is 10.1. The van der Waals surface area contributed by atoms with Gasteiger partial charge in [-0.2, -0.15) is 0 Å². The first-order chi connectivity index (χ1) is 9.60. The van der Waals surface area contributed by atoms with E-state index in [1.54, 1.807) is 12.0 Å². The van der Waals surface area contributed by atoms with Crippen LogP contribution in [-0.2, 0) is 16.0 Å². The molecule has 1 aromatic carbocycles. The molecule has 0 saturated carbocycles. The third-order valence-corrected chi connectivity index (χ3v) is 3.85. The molecule has 1 fully saturated rings. The quantitative estimate of drug-likeness (QED) is 0.899. The number of ether oxygens (including phenoxy) is 1. The monoisotopic (exact) mass is 340 g/mol. The molecule has 0 bridgehead atoms. The van der Waals surface area contributed by atoms with Crippen molar-refractivity contribution in [2.75, 3.05) is 26.7 Å². The minimum atomic E-state index is -0.0863. The van der Waals surface area contributed by atoms with E-state index in [0.717, 1.165) is 15.8 Å². The van der Waals surface area contributed by atoms with Crippen molar-refractivity contribution in [1.82, 2.24) is 10.2 Å². The second-order valence-electron chi connectivity index (χ2n) is 4.63. The number of rotatable bonds is 4. The summed E-state index contributed by atoms with van der Waals surface area (Å²) in [6, 6.07) is 5.77. The van der Waals surface area contributed by atoms with Gasteiger partial charge < -0.3 is 15.0 Å². The maximum Gasteiger partial charge on any atom is 0.239 e. The Bertz CT molecular complexity index is 519. The molecule has 1 aromatic rings. The van der Waals surface area contributed by atoms with Crippen molar-refractivity contribution in [3.8, 4) is 5.75 Å². The summed E-state index contributed by atoms with van der Waals surface area (Å²) < 4.78 is 6.04. The molecular formula is C14H17BrN2O3. The first-order valence-electron chi connectivity index (χ1n) is 6.47. The SMILES string of the molecule is COc1ccc(CCC(=O)N2CCNC(=O)C2)cc1Br. The average molecular weight is 341 g/mol. The molecule has 1 aliphatic rings. The van der Waals surface area contributed by atoms with E-state index in [2.05, 4.69) is 21.2 Å². The average Bonchev–Trinajstić information content (AvgIpc) is 2.45. The Morgan fingerprint density at radius 2 is 2.30 bits per heavy atom. The van der Waals surface area contributed by atoms with Crippen molar-refractivity contribution < 1.29 is 14.3 Å². The van der Waals surface area contributed by atoms with Crippen molar-refractivity contribution in [2.24, 2.45) is 0 Å². The van der Waals surface area contributed by atoms with E-state index in [1.807, 2.05) is 18.2 Å². The Balaban J connectivity index is 1.89. The molecule has 0 unspecified atom stereocenters. The van der Waals surface area contributed by atoms with Crippen LogP contribution in [0.15, 0.2) is 22.7 Å². The topological polar surface area (TPSA) is 58.6 Å². The minimum Gasteiger partial charge on any atom is -0.496 e. The number of amides is 2. The normalized spacial score (nSPS) is 14.9. The predicted molar refractivity (Wildman–Crippen MR) is 78.6 cm³/mol. The molecule has 20 heavy (non-hydrogen) atoms. The largest absolute Gasteiger partial charge is 0.496 e. The fourth-order valence-electron chi connectivity index (χ4n) is 2.13. The standard InChI is InChI=1S/C14H17BrN2O3/c1-20-12-4-2-10(8-11(12)15)3-5-14(19)17-7-6-16-13(18)9-17/h2,4,8H,3,5-7,9H2,1H3,(H,16,18). The summed E-state index contributed by atoms with van der Waals surface area (Å²) in [6.45, 7) is 1.31. The van der Waals surface area contributed by atoms with Crippen LogP contribution in [0.1, 0.15) is 12.0 Å². The highest BCUT2D eigenvalue weighted by atomic mass is 79.9. The minimum absolute atomic E-state index is 0.0202. The molecule has 2 amide bonds. The summed E-state index contributed by atoms with van der Waals surface area (Å²) in [5, 5.41) is 2.71. The van der Waals surface area contributed by atoms with Crippen LogP contribution < -0.4 is 10.1 Å². The van der Waals surface area contributed by atoms with E-state index in [4.69, 9.17) is 4.74 Å². The van der Waals surface area contributed by atoms with Crippen LogP contribution in [0.4, 0.5) is 0 Å². The van der Waals surface area contributed by atoms with Crippen LogP contribution in [0.2, 0.25) is 0 Å². The number of piperazine rings is 1. The highest BCUT2D eigenvalue weighted by Gasteiger charge is 2.20. The maximum absolute atomic E-state index is 12.0. The van der Waals surface area contributed by atoms with Gasteiger partial charge in [0.1, 0.15) is 5.75 Å². The molecule has 0 atom stereocenters. The second kappa shape index (κ2) is 6.74. The molecule has 2 rings (SSSR count). The molecule has 108 valence electrons. The number of methoxy groups -OCH3 is 1. The highest BCUT2D eigenvalue weighted by Crippen LogP contribution is 2.26. The zero-order valence-electron chi connectivity index (χ0n) is 11.3. The summed E-state index contributed by atoms with van der Waals surface area (Å²) in [6.07, 6.45) is 1.06. The van der Waals surface area contributed by atoms with Crippen molar-refractivity contribution >= 4 is 27.7 Å². The number of hydrogen-bond acceptors (Lipinski definition) is 3. The van der Waals surface area contributed by atoms with Gasteiger partial charge in [0.15, 0.2) is 0 Å². The molecule has 1 heterocycles. The Kier molecular flexibility index (Phi) is 5.00. The van der Waals surface area contributed by atoms with Crippen LogP contribution in [0.25, 0.3) is 0 Å². The Morgan fingerprint density at radius 1 is 1.50 bits per heavy atom. The Morgan fingerprint density at radius 3 is 2.95 bits per heavy atom. The number of hydrogen-bond donors (Lipinski definition) is 1. The van der Waals surface area contributed by atoms with Gasteiger partial charge in [0.2, 0.25) is 11.8 Å². The van der Waals surface area contributed by atoms with Gasteiger partial charge in [0.05, 0.1) is 18.1 Å². The zero-order valence-corrected chi connectivity index (χ0v) is 12.9. The van der Waals surface area contributed by atoms with E-state index in [0.29, 0.717) is 25.9 Å². The van der Waals surface area contributed by atoms with Gasteiger partial charge in [-0.1, -0.05) is 6.07 Å². The molecule has 0 aromatic heterocycles. The summed E-state index contributed by atoms with van der Waals surface area (Å²) in [5.41, 5.74) is 1.06. The third kappa shape index (κ3) is 3.72. The van der Waals surface area contributed by atoms with Crippen molar-refractivity contribution in [3.05, 3.63) is 28.2 Å². The van der Waals surface area contributed by atoms with E-state index < -0.39 is 0 Å². The van der Waals surface area contributed by atoms with Crippen LogP contribution in [0.3, 0.4) is 0 Å². The number of nitrogens with zero attached hydrogens (tertiary/aromatic N) is 1. The van der Waals surface area contributed by atoms with Crippen LogP contribution in [0.5, 0.6) is 5.75 Å². The number of halogens is 1. The lowest BCUT2D eigenvalue weighted by Gasteiger charge is -2.26. The number of benzene rings is 1. The molecule has 1 aliphatic heterocycles. The number of carbonyl (C=O) groups excluding carboxylic acids is 2. The van der Waals surface area contributed by atoms with E-state index >= 15 is 0 Å². The highest BCUT2D eigenvalue weighted by molar-refractivity contribution is 9.10. The summed E-state index contributed by atoms with van der Waals surface area (Å²) in [7, 11) is 1.62. The van der Waals surface area contributed by atoms with E-state index in [9.17, 15) is 9.59 Å². The Hall–Kier alpha value is -1.56. The lowest BCUT2D eigenvalue weighted by molar-refractivity contribution is -0.138. The van der Waals surface area contributed by atoms with Gasteiger partial charge in [-0.3, -0.25) is 9.59 Å². The second-order valence-corrected chi connectivity index (χ2v) is 5.49. The maximum atomic E-state index is 12.0. The zero-order chi connectivity index (χ0) is 14.5. The number of nitrogens with one attached hydrogen (secondary N) is 1. The Labute approximate surface area is 126 Å². The van der Waals surface area contributed by atoms with Crippen LogP contribution >= 0.6 is 15.9 Å². The van der Waals surface area contributed by atoms with Gasteiger partial charge in [0.25, 0.3) is 0 Å². The lowest BCUT2D eigenvalue weighted by Crippen LogP contribution is -2.50. The fourth-order valence-corrected chi connectivity index (χ4v) is 2.71. The summed E-state index contributed by atoms with van der Waals surface area (Å²) >= 11 is 3.43. The molecule has 6 heteroatoms.